The van der Waals surface area contributed by atoms with Crippen LogP contribution in [0.5, 0.6) is 0 Å². The van der Waals surface area contributed by atoms with Gasteiger partial charge < -0.3 is 20.1 Å². The van der Waals surface area contributed by atoms with Crippen LogP contribution in [0.3, 0.4) is 0 Å². The molecule has 0 saturated heterocycles. The Morgan fingerprint density at radius 3 is 1.31 bits per heavy atom. The van der Waals surface area contributed by atoms with Gasteiger partial charge >= 0.3 is 13.8 Å². The van der Waals surface area contributed by atoms with E-state index in [0.29, 0.717) is 13.0 Å². The van der Waals surface area contributed by atoms with E-state index in [1.54, 1.807) is 0 Å². The van der Waals surface area contributed by atoms with Crippen molar-refractivity contribution < 1.29 is 32.8 Å². The van der Waals surface area contributed by atoms with Gasteiger partial charge in [-0.15, -0.1) is 0 Å². The minimum Gasteiger partial charge on any atom is -0.457 e. The van der Waals surface area contributed by atoms with Crippen LogP contribution in [0, 0.1) is 0 Å². The van der Waals surface area contributed by atoms with E-state index in [0.717, 1.165) is 109 Å². The number of rotatable bonds is 47. The summed E-state index contributed by atoms with van der Waals surface area (Å²) in [6, 6.07) is 0. The lowest BCUT2D eigenvalue weighted by atomic mass is 10.1. The molecule has 9 heteroatoms. The molecule has 0 rings (SSSR count). The highest BCUT2D eigenvalue weighted by Crippen LogP contribution is 2.43. The number of carbonyl (C=O) groups is 1. The van der Waals surface area contributed by atoms with E-state index in [1.807, 2.05) is 0 Å². The maximum Gasteiger partial charge on any atom is 0.472 e. The molecule has 2 atom stereocenters. The van der Waals surface area contributed by atoms with Gasteiger partial charge in [0.25, 0.3) is 0 Å². The van der Waals surface area contributed by atoms with Crippen LogP contribution >= 0.6 is 7.82 Å². The predicted molar refractivity (Wildman–Crippen MR) is 274 cm³/mol. The second-order valence-electron chi connectivity index (χ2n) is 16.3. The summed E-state index contributed by atoms with van der Waals surface area (Å²) in [6.07, 6.45) is 69.7. The number of esters is 1. The number of unbranched alkanes of at least 4 members (excludes halogenated alkanes) is 16. The average Bonchev–Trinajstić information content (AvgIpc) is 3.29. The molecule has 0 spiro atoms. The summed E-state index contributed by atoms with van der Waals surface area (Å²) in [5.41, 5.74) is 5.39. The van der Waals surface area contributed by atoms with Crippen LogP contribution in [-0.2, 0) is 27.9 Å². The summed E-state index contributed by atoms with van der Waals surface area (Å²) >= 11 is 0. The van der Waals surface area contributed by atoms with Crippen molar-refractivity contribution in [3.63, 3.8) is 0 Å². The van der Waals surface area contributed by atoms with E-state index < -0.39 is 13.9 Å². The molecule has 0 aliphatic rings. The Labute approximate surface area is 393 Å². The Morgan fingerprint density at radius 2 is 0.875 bits per heavy atom. The van der Waals surface area contributed by atoms with Gasteiger partial charge in [-0.2, -0.15) is 0 Å². The normalized spacial score (nSPS) is 14.2. The van der Waals surface area contributed by atoms with E-state index >= 15 is 0 Å². The number of hydrogen-bond donors (Lipinski definition) is 2. The Bertz CT molecular complexity index is 1350. The molecule has 64 heavy (non-hydrogen) atoms. The van der Waals surface area contributed by atoms with Crippen LogP contribution in [0.15, 0.2) is 109 Å². The number of nitrogens with two attached hydrogens (primary N) is 1. The molecule has 8 nitrogen and oxygen atoms in total. The molecule has 0 aliphatic carbocycles. The molecule has 366 valence electrons. The maximum atomic E-state index is 12.7. The smallest absolute Gasteiger partial charge is 0.457 e. The second-order valence-corrected chi connectivity index (χ2v) is 17.7. The van der Waals surface area contributed by atoms with Crippen molar-refractivity contribution in [2.24, 2.45) is 5.73 Å². The van der Waals surface area contributed by atoms with Crippen molar-refractivity contribution >= 4 is 13.8 Å². The van der Waals surface area contributed by atoms with Gasteiger partial charge in [-0.25, -0.2) is 4.57 Å². The van der Waals surface area contributed by atoms with E-state index in [4.69, 9.17) is 24.3 Å². The van der Waals surface area contributed by atoms with Gasteiger partial charge in [-0.3, -0.25) is 13.8 Å². The number of carbonyl (C=O) groups excluding carboxylic acids is 1. The highest BCUT2D eigenvalue weighted by molar-refractivity contribution is 7.47. The van der Waals surface area contributed by atoms with E-state index in [9.17, 15) is 14.3 Å². The number of ether oxygens (including phenoxy) is 2. The maximum absolute atomic E-state index is 12.7. The first-order valence-electron chi connectivity index (χ1n) is 25.4. The van der Waals surface area contributed by atoms with E-state index in [2.05, 4.69) is 123 Å². The third kappa shape index (κ3) is 50.2. The summed E-state index contributed by atoms with van der Waals surface area (Å²) in [5, 5.41) is 0. The monoisotopic (exact) mass is 912 g/mol. The number of phosphoric ester groups is 1. The van der Waals surface area contributed by atoms with Gasteiger partial charge in [0.1, 0.15) is 6.10 Å². The zero-order chi connectivity index (χ0) is 46.5. The fourth-order valence-electron chi connectivity index (χ4n) is 6.48. The Morgan fingerprint density at radius 1 is 0.484 bits per heavy atom. The minimum atomic E-state index is -4.30. The summed E-state index contributed by atoms with van der Waals surface area (Å²) in [4.78, 5) is 22.6. The number of phosphoric acid groups is 1. The SMILES string of the molecule is CC/C=C\C/C=C\C/C=C\C/C=C\C/C=C\C/C=C\CCCCCCCOCC(COP(=O)(O)OCCN)OC(=O)CCCCCCCC/C=C\C/C=C\C/C=C\CCCCCCC. The molecule has 0 radical (unpaired) electrons. The molecule has 2 unspecified atom stereocenters. The summed E-state index contributed by atoms with van der Waals surface area (Å²) < 4.78 is 33.5. The number of allylic oxidation sites excluding steroid dienone is 18. The largest absolute Gasteiger partial charge is 0.472 e. The molecule has 0 saturated carbocycles. The Balaban J connectivity index is 4.08. The summed E-state index contributed by atoms with van der Waals surface area (Å²) in [7, 11) is -4.30. The third-order valence-electron chi connectivity index (χ3n) is 10.2. The molecule has 0 heterocycles. The molecule has 0 aromatic carbocycles. The van der Waals surface area contributed by atoms with Gasteiger partial charge in [0, 0.05) is 19.6 Å². The van der Waals surface area contributed by atoms with Crippen molar-refractivity contribution in [1.29, 1.82) is 0 Å². The quantitative estimate of drug-likeness (QED) is 0.0268. The zero-order valence-corrected chi connectivity index (χ0v) is 41.6. The topological polar surface area (TPSA) is 117 Å². The Hall–Kier alpha value is -2.84. The molecule has 0 aromatic heterocycles. The Kier molecular flexibility index (Phi) is 48.9. The van der Waals surface area contributed by atoms with Crippen LogP contribution in [0.4, 0.5) is 0 Å². The van der Waals surface area contributed by atoms with Crippen LogP contribution in [0.25, 0.3) is 0 Å². The third-order valence-corrected chi connectivity index (χ3v) is 11.2. The first-order valence-corrected chi connectivity index (χ1v) is 26.9. The molecule has 0 amide bonds. The fourth-order valence-corrected chi connectivity index (χ4v) is 7.24. The highest BCUT2D eigenvalue weighted by Gasteiger charge is 2.25. The highest BCUT2D eigenvalue weighted by atomic mass is 31.2. The lowest BCUT2D eigenvalue weighted by Gasteiger charge is -2.20. The predicted octanol–water partition coefficient (Wildman–Crippen LogP) is 16.0. The van der Waals surface area contributed by atoms with Gasteiger partial charge in [0.15, 0.2) is 0 Å². The van der Waals surface area contributed by atoms with Crippen molar-refractivity contribution in [1.82, 2.24) is 0 Å². The van der Waals surface area contributed by atoms with Crippen molar-refractivity contribution in [2.45, 2.75) is 200 Å². The van der Waals surface area contributed by atoms with Crippen LogP contribution < -0.4 is 5.73 Å². The van der Waals surface area contributed by atoms with E-state index in [1.165, 1.54) is 64.2 Å². The molecule has 0 bridgehead atoms. The van der Waals surface area contributed by atoms with Crippen molar-refractivity contribution in [3.8, 4) is 0 Å². The van der Waals surface area contributed by atoms with Gasteiger partial charge in [0.2, 0.25) is 0 Å². The molecule has 0 fully saturated rings. The first-order chi connectivity index (χ1) is 31.4. The minimum absolute atomic E-state index is 0.0879. The van der Waals surface area contributed by atoms with Gasteiger partial charge in [-0.1, -0.05) is 194 Å². The van der Waals surface area contributed by atoms with Crippen LogP contribution in [0.1, 0.15) is 194 Å². The number of hydrogen-bond acceptors (Lipinski definition) is 7. The molecule has 3 N–H and O–H groups in total. The molecule has 0 aliphatic heterocycles. The molecule has 0 aromatic rings. The van der Waals surface area contributed by atoms with Gasteiger partial charge in [-0.05, 0) is 103 Å². The van der Waals surface area contributed by atoms with Gasteiger partial charge in [0.05, 0.1) is 19.8 Å². The molecular weight excluding hydrogens is 818 g/mol. The van der Waals surface area contributed by atoms with E-state index in [-0.39, 0.29) is 32.3 Å². The van der Waals surface area contributed by atoms with Crippen molar-refractivity contribution in [2.75, 3.05) is 33.0 Å². The van der Waals surface area contributed by atoms with Crippen molar-refractivity contribution in [3.05, 3.63) is 109 Å². The lowest BCUT2D eigenvalue weighted by Crippen LogP contribution is -2.28. The van der Waals surface area contributed by atoms with Crippen LogP contribution in [0.2, 0.25) is 0 Å². The first kappa shape index (κ1) is 61.2. The average molecular weight is 912 g/mol. The second kappa shape index (κ2) is 51.1. The fraction of sp³-hybridized carbons (Fsp3) is 0.655. The van der Waals surface area contributed by atoms with Crippen LogP contribution in [-0.4, -0.2) is 49.9 Å². The lowest BCUT2D eigenvalue weighted by molar-refractivity contribution is -0.154. The summed E-state index contributed by atoms with van der Waals surface area (Å²) in [5.74, 6) is -0.354. The summed E-state index contributed by atoms with van der Waals surface area (Å²) in [6.45, 7) is 4.71. The standard InChI is InChI=1S/C55H94NO7P/c1-3-5-7-9-11-13-15-17-19-21-23-25-26-27-29-31-33-35-37-39-41-43-45-47-50-60-52-54(53-62-64(58,59)61-51-49-56)63-55(57)48-46-44-42-40-38-36-34-32-30-28-24-22-20-18-16-14-12-10-8-6-4-2/h5,7,11,13,16-19,22-25,27,29-30,32-33,35,54H,3-4,6,8-10,12,14-15,20-21,26,28,31,34,36-53,56H2,1-2H3,(H,58,59)/b7-5-,13-11-,18-16-,19-17-,24-22-,25-23-,29-27-,32-30-,35-33-. The molecular formula is C55H94NO7P. The zero-order valence-electron chi connectivity index (χ0n) is 40.7.